The van der Waals surface area contributed by atoms with Crippen molar-refractivity contribution in [1.29, 1.82) is 0 Å². The Hall–Kier alpha value is -2.15. The molecule has 1 aliphatic rings. The lowest BCUT2D eigenvalue weighted by Crippen LogP contribution is -2.36. The lowest BCUT2D eigenvalue weighted by Gasteiger charge is -2.27. The van der Waals surface area contributed by atoms with Gasteiger partial charge in [0.25, 0.3) is 0 Å². The molecule has 0 radical (unpaired) electrons. The molecule has 7 heteroatoms. The fraction of sp³-hybridized carbons (Fsp3) is 0.364. The van der Waals surface area contributed by atoms with Crippen LogP contribution in [0.15, 0.2) is 18.3 Å². The SMILES string of the molecule is O=C(O)c1cn2nc(N3CCOCC3)ccc2n1. The molecule has 1 N–H and O–H groups in total. The Balaban J connectivity index is 1.96. The van der Waals surface area contributed by atoms with Crippen LogP contribution in [0, 0.1) is 0 Å². The Morgan fingerprint density at radius 3 is 2.83 bits per heavy atom. The van der Waals surface area contributed by atoms with Gasteiger partial charge >= 0.3 is 5.97 Å². The maximum absolute atomic E-state index is 10.8. The number of rotatable bonds is 2. The van der Waals surface area contributed by atoms with E-state index in [0.29, 0.717) is 18.9 Å². The molecule has 94 valence electrons. The number of ether oxygens (including phenoxy) is 1. The minimum Gasteiger partial charge on any atom is -0.476 e. The molecule has 1 saturated heterocycles. The number of nitrogens with zero attached hydrogens (tertiary/aromatic N) is 4. The topological polar surface area (TPSA) is 80.0 Å². The van der Waals surface area contributed by atoms with Gasteiger partial charge in [-0.3, -0.25) is 0 Å². The van der Waals surface area contributed by atoms with Gasteiger partial charge in [-0.2, -0.15) is 0 Å². The summed E-state index contributed by atoms with van der Waals surface area (Å²) in [6.07, 6.45) is 1.42. The number of carbonyl (C=O) groups is 1. The quantitative estimate of drug-likeness (QED) is 0.821. The highest BCUT2D eigenvalue weighted by Crippen LogP contribution is 2.14. The maximum atomic E-state index is 10.8. The normalized spacial score (nSPS) is 16.1. The summed E-state index contributed by atoms with van der Waals surface area (Å²) in [6.45, 7) is 2.95. The van der Waals surface area contributed by atoms with Gasteiger partial charge in [0.1, 0.15) is 5.82 Å². The third-order valence-corrected chi connectivity index (χ3v) is 2.86. The van der Waals surface area contributed by atoms with E-state index in [2.05, 4.69) is 15.0 Å². The van der Waals surface area contributed by atoms with Crippen molar-refractivity contribution >= 4 is 17.4 Å². The third kappa shape index (κ3) is 1.88. The molecule has 0 saturated carbocycles. The van der Waals surface area contributed by atoms with Crippen LogP contribution in [-0.4, -0.2) is 52.0 Å². The Morgan fingerprint density at radius 2 is 2.11 bits per heavy atom. The summed E-state index contributed by atoms with van der Waals surface area (Å²) < 4.78 is 6.77. The summed E-state index contributed by atoms with van der Waals surface area (Å²) in [4.78, 5) is 16.9. The van der Waals surface area contributed by atoms with Gasteiger partial charge in [0.2, 0.25) is 0 Å². The molecule has 0 unspecified atom stereocenters. The predicted octanol–water partition coefficient (Wildman–Crippen LogP) is 0.264. The van der Waals surface area contributed by atoms with Crippen LogP contribution in [0.1, 0.15) is 10.5 Å². The van der Waals surface area contributed by atoms with E-state index >= 15 is 0 Å². The summed E-state index contributed by atoms with van der Waals surface area (Å²) in [5.41, 5.74) is 0.533. The minimum absolute atomic E-state index is 0.00151. The minimum atomic E-state index is -1.05. The van der Waals surface area contributed by atoms with E-state index in [1.54, 1.807) is 6.07 Å². The first-order chi connectivity index (χ1) is 8.74. The molecule has 0 aliphatic carbocycles. The molecule has 3 rings (SSSR count). The number of hydrogen-bond acceptors (Lipinski definition) is 5. The average Bonchev–Trinajstić information content (AvgIpc) is 2.82. The summed E-state index contributed by atoms with van der Waals surface area (Å²) in [5, 5.41) is 13.2. The number of carboxylic acid groups (broad SMARTS) is 1. The van der Waals surface area contributed by atoms with E-state index in [1.165, 1.54) is 10.7 Å². The van der Waals surface area contributed by atoms with Crippen molar-refractivity contribution in [2.75, 3.05) is 31.2 Å². The number of imidazole rings is 1. The van der Waals surface area contributed by atoms with Crippen molar-refractivity contribution < 1.29 is 14.6 Å². The monoisotopic (exact) mass is 248 g/mol. The van der Waals surface area contributed by atoms with Crippen molar-refractivity contribution in [3.63, 3.8) is 0 Å². The number of morpholine rings is 1. The van der Waals surface area contributed by atoms with Crippen molar-refractivity contribution in [2.45, 2.75) is 0 Å². The molecule has 0 amide bonds. The molecule has 0 atom stereocenters. The van der Waals surface area contributed by atoms with Crippen molar-refractivity contribution in [1.82, 2.24) is 14.6 Å². The lowest BCUT2D eigenvalue weighted by molar-refractivity contribution is 0.0691. The number of carboxylic acids is 1. The smallest absolute Gasteiger partial charge is 0.356 e. The first-order valence-corrected chi connectivity index (χ1v) is 5.66. The zero-order chi connectivity index (χ0) is 12.5. The van der Waals surface area contributed by atoms with Gasteiger partial charge in [-0.05, 0) is 12.1 Å². The van der Waals surface area contributed by atoms with E-state index in [0.717, 1.165) is 18.9 Å². The van der Waals surface area contributed by atoms with Crippen LogP contribution in [0.2, 0.25) is 0 Å². The van der Waals surface area contributed by atoms with Gasteiger partial charge < -0.3 is 14.7 Å². The van der Waals surface area contributed by atoms with Crippen LogP contribution in [0.4, 0.5) is 5.82 Å². The highest BCUT2D eigenvalue weighted by atomic mass is 16.5. The van der Waals surface area contributed by atoms with Crippen LogP contribution in [0.5, 0.6) is 0 Å². The van der Waals surface area contributed by atoms with Crippen molar-refractivity contribution in [2.24, 2.45) is 0 Å². The van der Waals surface area contributed by atoms with Crippen LogP contribution in [0.3, 0.4) is 0 Å². The standard InChI is InChI=1S/C11H12N4O3/c16-11(17)8-7-15-9(12-8)1-2-10(13-15)14-3-5-18-6-4-14/h1-2,7H,3-6H2,(H,16,17). The highest BCUT2D eigenvalue weighted by Gasteiger charge is 2.14. The number of fused-ring (bicyclic) bond motifs is 1. The second-order valence-corrected chi connectivity index (χ2v) is 4.03. The average molecular weight is 248 g/mol. The largest absolute Gasteiger partial charge is 0.476 e. The fourth-order valence-corrected chi connectivity index (χ4v) is 1.94. The summed E-state index contributed by atoms with van der Waals surface area (Å²) in [5.74, 6) is -0.242. The predicted molar refractivity (Wildman–Crippen MR) is 63.0 cm³/mol. The molecule has 18 heavy (non-hydrogen) atoms. The zero-order valence-electron chi connectivity index (χ0n) is 9.61. The van der Waals surface area contributed by atoms with Crippen LogP contribution in [-0.2, 0) is 4.74 Å². The lowest BCUT2D eigenvalue weighted by atomic mass is 10.4. The molecule has 2 aromatic heterocycles. The Bertz CT molecular complexity index is 589. The first-order valence-electron chi connectivity index (χ1n) is 5.66. The molecule has 2 aromatic rings. The van der Waals surface area contributed by atoms with Crippen LogP contribution >= 0.6 is 0 Å². The molecule has 0 aromatic carbocycles. The second kappa shape index (κ2) is 4.26. The van der Waals surface area contributed by atoms with Gasteiger partial charge in [0.05, 0.1) is 19.4 Å². The van der Waals surface area contributed by atoms with E-state index in [4.69, 9.17) is 9.84 Å². The van der Waals surface area contributed by atoms with E-state index in [9.17, 15) is 4.79 Å². The summed E-state index contributed by atoms with van der Waals surface area (Å²) in [6, 6.07) is 3.61. The number of hydrogen-bond donors (Lipinski definition) is 1. The molecule has 7 nitrogen and oxygen atoms in total. The molecule has 3 heterocycles. The maximum Gasteiger partial charge on any atom is 0.356 e. The molecular formula is C11H12N4O3. The molecular weight excluding hydrogens is 236 g/mol. The van der Waals surface area contributed by atoms with Gasteiger partial charge in [-0.15, -0.1) is 5.10 Å². The summed E-state index contributed by atoms with van der Waals surface area (Å²) >= 11 is 0. The molecule has 0 bridgehead atoms. The van der Waals surface area contributed by atoms with Crippen molar-refractivity contribution in [3.05, 3.63) is 24.0 Å². The van der Waals surface area contributed by atoms with E-state index in [1.807, 2.05) is 6.07 Å². The summed E-state index contributed by atoms with van der Waals surface area (Å²) in [7, 11) is 0. The van der Waals surface area contributed by atoms with Gasteiger partial charge in [-0.25, -0.2) is 14.3 Å². The van der Waals surface area contributed by atoms with E-state index < -0.39 is 5.97 Å². The molecule has 1 aliphatic heterocycles. The number of anilines is 1. The first kappa shape index (κ1) is 11.0. The van der Waals surface area contributed by atoms with Crippen molar-refractivity contribution in [3.8, 4) is 0 Å². The highest BCUT2D eigenvalue weighted by molar-refractivity contribution is 5.86. The number of aromatic nitrogens is 3. The van der Waals surface area contributed by atoms with Gasteiger partial charge in [0, 0.05) is 13.1 Å². The number of aromatic carboxylic acids is 1. The van der Waals surface area contributed by atoms with Crippen LogP contribution in [0.25, 0.3) is 5.65 Å². The second-order valence-electron chi connectivity index (χ2n) is 4.03. The third-order valence-electron chi connectivity index (χ3n) is 2.86. The zero-order valence-corrected chi connectivity index (χ0v) is 9.61. The van der Waals surface area contributed by atoms with Gasteiger partial charge in [0.15, 0.2) is 11.3 Å². The molecule has 1 fully saturated rings. The Kier molecular flexibility index (Phi) is 2.60. The van der Waals surface area contributed by atoms with Gasteiger partial charge in [-0.1, -0.05) is 0 Å². The fourth-order valence-electron chi connectivity index (χ4n) is 1.94. The van der Waals surface area contributed by atoms with Crippen LogP contribution < -0.4 is 4.90 Å². The Morgan fingerprint density at radius 1 is 1.33 bits per heavy atom. The Labute approximate surface area is 103 Å². The van der Waals surface area contributed by atoms with E-state index in [-0.39, 0.29) is 5.69 Å². The molecule has 0 spiro atoms.